The molecule has 240 valence electrons. The predicted molar refractivity (Wildman–Crippen MR) is 165 cm³/mol. The van der Waals surface area contributed by atoms with E-state index in [4.69, 9.17) is 29.4 Å². The van der Waals surface area contributed by atoms with Crippen molar-refractivity contribution in [1.82, 2.24) is 9.80 Å². The van der Waals surface area contributed by atoms with Crippen molar-refractivity contribution in [3.8, 4) is 34.8 Å². The van der Waals surface area contributed by atoms with Gasteiger partial charge in [0, 0.05) is 47.0 Å². The molecule has 4 aliphatic rings. The van der Waals surface area contributed by atoms with Crippen LogP contribution in [0.2, 0.25) is 0 Å². The van der Waals surface area contributed by atoms with Crippen LogP contribution >= 0.6 is 11.8 Å². The molecule has 6 rings (SSSR count). The van der Waals surface area contributed by atoms with Crippen LogP contribution in [0.3, 0.4) is 0 Å². The molecule has 45 heavy (non-hydrogen) atoms. The van der Waals surface area contributed by atoms with Crippen LogP contribution in [-0.4, -0.2) is 79.3 Å². The molecule has 13 heteroatoms. The second-order valence-corrected chi connectivity index (χ2v) is 13.4. The third kappa shape index (κ3) is 4.77. The van der Waals surface area contributed by atoms with Gasteiger partial charge in [-0.2, -0.15) is 5.26 Å². The Morgan fingerprint density at radius 3 is 2.58 bits per heavy atom. The average Bonchev–Trinajstić information content (AvgIpc) is 3.50. The van der Waals surface area contributed by atoms with Gasteiger partial charge in [-0.25, -0.2) is 0 Å². The molecule has 0 aliphatic carbocycles. The highest BCUT2D eigenvalue weighted by molar-refractivity contribution is 7.99. The van der Waals surface area contributed by atoms with E-state index in [9.17, 15) is 20.0 Å². The van der Waals surface area contributed by atoms with Crippen molar-refractivity contribution < 1.29 is 38.4 Å². The number of phenols is 1. The molecular formula is C32H38N4O8S. The number of methoxy groups -OCH3 is 1. The molecule has 0 spiro atoms. The van der Waals surface area contributed by atoms with E-state index in [1.807, 2.05) is 18.9 Å². The van der Waals surface area contributed by atoms with Crippen molar-refractivity contribution in [2.75, 3.05) is 46.4 Å². The zero-order valence-electron chi connectivity index (χ0n) is 26.3. The maximum Gasteiger partial charge on any atom is 0.323 e. The molecule has 3 N–H and O–H groups in total. The SMILES string of the molecule is COc1c(C)cc(C2(C)CCN2C)c([C@@H]2[C@@H]3SC[C@H](N)C(=O)OC[C@@H](c4c5c(c(C)c(OC(C)=O)c43)OCO5)N2CC#N)c1O. The summed E-state index contributed by atoms with van der Waals surface area (Å²) in [5, 5.41) is 21.8. The minimum Gasteiger partial charge on any atom is -0.504 e. The van der Waals surface area contributed by atoms with E-state index >= 15 is 0 Å². The monoisotopic (exact) mass is 638 g/mol. The molecule has 0 aromatic heterocycles. The summed E-state index contributed by atoms with van der Waals surface area (Å²) in [6.45, 7) is 7.76. The van der Waals surface area contributed by atoms with Gasteiger partial charge in [0.25, 0.3) is 0 Å². The third-order valence-corrected chi connectivity index (χ3v) is 11.1. The highest BCUT2D eigenvalue weighted by atomic mass is 32.2. The Labute approximate surface area is 266 Å². The summed E-state index contributed by atoms with van der Waals surface area (Å²) in [6, 6.07) is 2.03. The summed E-state index contributed by atoms with van der Waals surface area (Å²) in [5.41, 5.74) is 10.0. The lowest BCUT2D eigenvalue weighted by Gasteiger charge is -2.53. The number of phenolic OH excluding ortho intramolecular Hbond substituents is 1. The number of aromatic hydroxyl groups is 1. The molecular weight excluding hydrogens is 600 g/mol. The first-order valence-electron chi connectivity index (χ1n) is 14.9. The number of rotatable bonds is 5. The Morgan fingerprint density at radius 1 is 1.22 bits per heavy atom. The Morgan fingerprint density at radius 2 is 1.96 bits per heavy atom. The Hall–Kier alpha value is -3.70. The van der Waals surface area contributed by atoms with Gasteiger partial charge in [0.15, 0.2) is 23.0 Å². The van der Waals surface area contributed by atoms with E-state index in [1.165, 1.54) is 25.8 Å². The van der Waals surface area contributed by atoms with Crippen LogP contribution in [0, 0.1) is 25.2 Å². The van der Waals surface area contributed by atoms with Gasteiger partial charge in [-0.05, 0) is 51.4 Å². The van der Waals surface area contributed by atoms with E-state index < -0.39 is 40.9 Å². The van der Waals surface area contributed by atoms with Crippen molar-refractivity contribution >= 4 is 23.7 Å². The molecule has 2 fully saturated rings. The molecule has 2 aromatic carbocycles. The Balaban J connectivity index is 1.73. The number of hydrogen-bond donors (Lipinski definition) is 2. The lowest BCUT2D eigenvalue weighted by Crippen LogP contribution is -2.54. The number of nitrogens with two attached hydrogens (primary N) is 1. The standard InChI is InChI=1S/C32H38N4O8S/c1-15-11-18(32(4)7-9-35(32)5)21(25(38)26(15)40-6)24-30-23-22(29-28(42-14-43-29)16(2)27(23)44-17(3)37)20(36(24)10-8-33)12-41-31(39)19(34)13-45-30/h11,19-20,24,30,38H,7,9-10,12-14,34H2,1-6H3/t19-,20-,24+,30+,32?/m0/s1. The summed E-state index contributed by atoms with van der Waals surface area (Å²) in [5.74, 6) is 0.586. The normalized spacial score (nSPS) is 27.6. The molecule has 0 saturated carbocycles. The molecule has 2 aromatic rings. The Kier molecular flexibility index (Phi) is 8.06. The second kappa shape index (κ2) is 11.6. The van der Waals surface area contributed by atoms with Crippen LogP contribution < -0.4 is 24.7 Å². The third-order valence-electron chi connectivity index (χ3n) is 9.71. The number of carbonyl (C=O) groups is 2. The van der Waals surface area contributed by atoms with Crippen LogP contribution in [0.4, 0.5) is 0 Å². The largest absolute Gasteiger partial charge is 0.504 e. The lowest BCUT2D eigenvalue weighted by molar-refractivity contribution is -0.147. The summed E-state index contributed by atoms with van der Waals surface area (Å²) >= 11 is 1.38. The fourth-order valence-corrected chi connectivity index (χ4v) is 8.63. The van der Waals surface area contributed by atoms with Gasteiger partial charge in [0.1, 0.15) is 18.4 Å². The number of hydrogen-bond acceptors (Lipinski definition) is 13. The number of esters is 2. The Bertz CT molecular complexity index is 1630. The zero-order valence-corrected chi connectivity index (χ0v) is 27.1. The highest BCUT2D eigenvalue weighted by Crippen LogP contribution is 2.64. The van der Waals surface area contributed by atoms with Gasteiger partial charge in [0.2, 0.25) is 6.79 Å². The number of nitriles is 1. The quantitative estimate of drug-likeness (QED) is 0.279. The average molecular weight is 639 g/mol. The fraction of sp³-hybridized carbons (Fsp3) is 0.531. The molecule has 4 heterocycles. The molecule has 0 amide bonds. The molecule has 2 saturated heterocycles. The van der Waals surface area contributed by atoms with Crippen LogP contribution in [-0.2, 0) is 19.9 Å². The minimum atomic E-state index is -0.925. The van der Waals surface area contributed by atoms with Gasteiger partial charge in [-0.3, -0.25) is 19.4 Å². The van der Waals surface area contributed by atoms with Crippen LogP contribution in [0.1, 0.15) is 71.0 Å². The van der Waals surface area contributed by atoms with Crippen molar-refractivity contribution in [2.45, 2.75) is 63.0 Å². The van der Waals surface area contributed by atoms with E-state index in [0.29, 0.717) is 45.3 Å². The summed E-state index contributed by atoms with van der Waals surface area (Å²) < 4.78 is 29.4. The van der Waals surface area contributed by atoms with Gasteiger partial charge >= 0.3 is 11.9 Å². The van der Waals surface area contributed by atoms with Crippen molar-refractivity contribution in [3.63, 3.8) is 0 Å². The van der Waals surface area contributed by atoms with E-state index in [-0.39, 0.29) is 31.4 Å². The molecule has 4 aliphatic heterocycles. The number of nitrogens with zero attached hydrogens (tertiary/aromatic N) is 3. The van der Waals surface area contributed by atoms with Crippen LogP contribution in [0.5, 0.6) is 28.7 Å². The summed E-state index contributed by atoms with van der Waals surface area (Å²) in [7, 11) is 3.56. The van der Waals surface area contributed by atoms with Gasteiger partial charge in [-0.15, -0.1) is 11.8 Å². The number of benzene rings is 2. The maximum atomic E-state index is 12.9. The molecule has 2 bridgehead atoms. The highest BCUT2D eigenvalue weighted by Gasteiger charge is 2.53. The smallest absolute Gasteiger partial charge is 0.323 e. The van der Waals surface area contributed by atoms with Crippen molar-refractivity contribution in [1.29, 1.82) is 5.26 Å². The number of ether oxygens (including phenoxy) is 5. The lowest BCUT2D eigenvalue weighted by atomic mass is 9.73. The molecule has 0 radical (unpaired) electrons. The van der Waals surface area contributed by atoms with Gasteiger partial charge in [0.05, 0.1) is 37.1 Å². The number of fused-ring (bicyclic) bond motifs is 8. The van der Waals surface area contributed by atoms with Crippen molar-refractivity contribution in [3.05, 3.63) is 39.4 Å². The van der Waals surface area contributed by atoms with E-state index in [0.717, 1.165) is 24.1 Å². The molecule has 5 atom stereocenters. The van der Waals surface area contributed by atoms with E-state index in [1.54, 1.807) is 6.92 Å². The number of cyclic esters (lactones) is 1. The first-order valence-corrected chi connectivity index (χ1v) is 15.9. The molecule has 12 nitrogen and oxygen atoms in total. The number of thioether (sulfide) groups is 1. The first-order chi connectivity index (χ1) is 21.4. The number of likely N-dealkylation sites (tertiary alicyclic amines) is 1. The van der Waals surface area contributed by atoms with E-state index in [2.05, 4.69) is 24.0 Å². The van der Waals surface area contributed by atoms with Gasteiger partial charge < -0.3 is 34.5 Å². The maximum absolute atomic E-state index is 12.9. The predicted octanol–water partition coefficient (Wildman–Crippen LogP) is 3.50. The first kappa shape index (κ1) is 31.3. The number of carbonyl (C=O) groups excluding carboxylic acids is 2. The summed E-state index contributed by atoms with van der Waals surface area (Å²) in [4.78, 5) is 29.7. The zero-order chi connectivity index (χ0) is 32.4. The van der Waals surface area contributed by atoms with Crippen LogP contribution in [0.15, 0.2) is 6.07 Å². The van der Waals surface area contributed by atoms with Crippen LogP contribution in [0.25, 0.3) is 0 Å². The molecule has 1 unspecified atom stereocenters. The number of aryl methyl sites for hydroxylation is 1. The topological polar surface area (TPSA) is 157 Å². The summed E-state index contributed by atoms with van der Waals surface area (Å²) in [6.07, 6.45) is 0.851. The van der Waals surface area contributed by atoms with Gasteiger partial charge in [-0.1, -0.05) is 0 Å². The second-order valence-electron chi connectivity index (χ2n) is 12.2. The fourth-order valence-electron chi connectivity index (χ4n) is 7.20. The van der Waals surface area contributed by atoms with Crippen molar-refractivity contribution in [2.24, 2.45) is 5.73 Å². The minimum absolute atomic E-state index is 0.0281.